The number of carbonyl (C=O) groups excluding carboxylic acids is 1. The Morgan fingerprint density at radius 2 is 2.05 bits per heavy atom. The van der Waals surface area contributed by atoms with Crippen molar-refractivity contribution in [2.45, 2.75) is 44.3 Å². The third-order valence-corrected chi connectivity index (χ3v) is 4.62. The van der Waals surface area contributed by atoms with Gasteiger partial charge in [0.25, 0.3) is 0 Å². The zero-order chi connectivity index (χ0) is 15.6. The van der Waals surface area contributed by atoms with Crippen molar-refractivity contribution in [3.63, 3.8) is 0 Å². The normalized spacial score (nSPS) is 27.5. The lowest BCUT2D eigenvalue weighted by atomic mass is 9.54. The zero-order valence-corrected chi connectivity index (χ0v) is 13.9. The van der Waals surface area contributed by atoms with Gasteiger partial charge in [0.15, 0.2) is 0 Å². The van der Waals surface area contributed by atoms with E-state index < -0.39 is 22.4 Å². The lowest BCUT2D eigenvalue weighted by Gasteiger charge is -2.57. The monoisotopic (exact) mass is 350 g/mol. The number of amides is 1. The van der Waals surface area contributed by atoms with E-state index in [1.165, 1.54) is 0 Å². The molecule has 9 heteroatoms. The third-order valence-electron chi connectivity index (χ3n) is 3.89. The SMILES string of the molecule is CCOC1CC(N)(C(=O)NCCSC(F)(F)F)C1(C)C.Cl. The van der Waals surface area contributed by atoms with Crippen molar-refractivity contribution >= 4 is 30.1 Å². The van der Waals surface area contributed by atoms with Gasteiger partial charge < -0.3 is 15.8 Å². The highest BCUT2D eigenvalue weighted by atomic mass is 35.5. The van der Waals surface area contributed by atoms with Crippen LogP contribution in [0.4, 0.5) is 13.2 Å². The van der Waals surface area contributed by atoms with Crippen molar-refractivity contribution in [2.24, 2.45) is 11.1 Å². The first-order valence-electron chi connectivity index (χ1n) is 6.44. The van der Waals surface area contributed by atoms with E-state index in [0.717, 1.165) is 0 Å². The van der Waals surface area contributed by atoms with Crippen LogP contribution in [0.5, 0.6) is 0 Å². The van der Waals surface area contributed by atoms with Gasteiger partial charge in [-0.3, -0.25) is 4.79 Å². The topological polar surface area (TPSA) is 64.3 Å². The second-order valence-corrected chi connectivity index (χ2v) is 6.55. The van der Waals surface area contributed by atoms with Crippen LogP contribution in [-0.2, 0) is 9.53 Å². The minimum absolute atomic E-state index is 0. The van der Waals surface area contributed by atoms with Crippen LogP contribution in [0.15, 0.2) is 0 Å². The van der Waals surface area contributed by atoms with Crippen molar-refractivity contribution in [1.29, 1.82) is 0 Å². The molecule has 1 aliphatic rings. The van der Waals surface area contributed by atoms with E-state index in [0.29, 0.717) is 13.0 Å². The zero-order valence-electron chi connectivity index (χ0n) is 12.3. The van der Waals surface area contributed by atoms with Crippen LogP contribution in [-0.4, -0.2) is 42.0 Å². The Hall–Kier alpha value is -0.180. The maximum atomic E-state index is 12.1. The second-order valence-electron chi connectivity index (χ2n) is 5.39. The van der Waals surface area contributed by atoms with Crippen molar-refractivity contribution in [3.8, 4) is 0 Å². The van der Waals surface area contributed by atoms with Crippen molar-refractivity contribution in [2.75, 3.05) is 18.9 Å². The quantitative estimate of drug-likeness (QED) is 0.721. The Labute approximate surface area is 133 Å². The number of ether oxygens (including phenoxy) is 1. The predicted octanol–water partition coefficient (Wildman–Crippen LogP) is 2.31. The minimum atomic E-state index is -4.28. The van der Waals surface area contributed by atoms with Crippen LogP contribution < -0.4 is 11.1 Å². The molecule has 126 valence electrons. The molecule has 0 aromatic rings. The van der Waals surface area contributed by atoms with E-state index in [9.17, 15) is 18.0 Å². The minimum Gasteiger partial charge on any atom is -0.378 e. The summed E-state index contributed by atoms with van der Waals surface area (Å²) in [6, 6.07) is 0. The molecule has 1 amide bonds. The van der Waals surface area contributed by atoms with Crippen molar-refractivity contribution in [1.82, 2.24) is 5.32 Å². The second kappa shape index (κ2) is 7.39. The van der Waals surface area contributed by atoms with E-state index >= 15 is 0 Å². The molecule has 4 nitrogen and oxygen atoms in total. The molecule has 1 fully saturated rings. The molecule has 1 aliphatic carbocycles. The molecule has 2 unspecified atom stereocenters. The van der Waals surface area contributed by atoms with Gasteiger partial charge in [-0.05, 0) is 18.7 Å². The van der Waals surface area contributed by atoms with Crippen LogP contribution in [0.1, 0.15) is 27.2 Å². The highest BCUT2D eigenvalue weighted by Crippen LogP contribution is 2.49. The van der Waals surface area contributed by atoms with E-state index in [-0.39, 0.29) is 42.6 Å². The summed E-state index contributed by atoms with van der Waals surface area (Å²) in [5.74, 6) is -0.637. The van der Waals surface area contributed by atoms with Crippen molar-refractivity contribution < 1.29 is 22.7 Å². The molecule has 0 radical (unpaired) electrons. The largest absolute Gasteiger partial charge is 0.441 e. The Bertz CT molecular complexity index is 369. The molecule has 1 rings (SSSR count). The van der Waals surface area contributed by atoms with E-state index in [4.69, 9.17) is 10.5 Å². The molecule has 1 saturated carbocycles. The highest BCUT2D eigenvalue weighted by Gasteiger charge is 2.62. The number of carbonyl (C=O) groups is 1. The number of thioether (sulfide) groups is 1. The molecule has 0 aliphatic heterocycles. The summed E-state index contributed by atoms with van der Waals surface area (Å²) in [6.45, 7) is 6.01. The average molecular weight is 351 g/mol. The van der Waals surface area contributed by atoms with E-state index in [1.54, 1.807) is 0 Å². The highest BCUT2D eigenvalue weighted by molar-refractivity contribution is 8.00. The fourth-order valence-corrected chi connectivity index (χ4v) is 2.75. The lowest BCUT2D eigenvalue weighted by Crippen LogP contribution is -2.75. The van der Waals surface area contributed by atoms with Gasteiger partial charge in [-0.25, -0.2) is 0 Å². The molecular formula is C12H22ClF3N2O2S. The molecule has 3 N–H and O–H groups in total. The van der Waals surface area contributed by atoms with Gasteiger partial charge in [0.05, 0.1) is 6.10 Å². The lowest BCUT2D eigenvalue weighted by molar-refractivity contribution is -0.170. The standard InChI is InChI=1S/C12H21F3N2O2S.ClH/c1-4-19-8-7-11(16,10(8,2)3)9(18)17-5-6-20-12(13,14)15;/h8H,4-7,16H2,1-3H3,(H,17,18);1H. The number of hydrogen-bond acceptors (Lipinski definition) is 4. The van der Waals surface area contributed by atoms with Gasteiger partial charge in [0, 0.05) is 30.7 Å². The van der Waals surface area contributed by atoms with Crippen LogP contribution in [0.25, 0.3) is 0 Å². The van der Waals surface area contributed by atoms with Gasteiger partial charge in [-0.2, -0.15) is 13.2 Å². The summed E-state index contributed by atoms with van der Waals surface area (Å²) >= 11 is -0.160. The first-order chi connectivity index (χ1) is 9.04. The Balaban J connectivity index is 0.00000400. The predicted molar refractivity (Wildman–Crippen MR) is 79.5 cm³/mol. The molecule has 0 heterocycles. The number of rotatable bonds is 6. The molecule has 0 aromatic carbocycles. The van der Waals surface area contributed by atoms with Crippen molar-refractivity contribution in [3.05, 3.63) is 0 Å². The maximum Gasteiger partial charge on any atom is 0.441 e. The number of nitrogens with two attached hydrogens (primary N) is 1. The molecule has 2 atom stereocenters. The summed E-state index contributed by atoms with van der Waals surface area (Å²) in [5.41, 5.74) is 0.190. The van der Waals surface area contributed by atoms with Crippen LogP contribution in [0.2, 0.25) is 0 Å². The molecular weight excluding hydrogens is 329 g/mol. The molecule has 0 spiro atoms. The Morgan fingerprint density at radius 3 is 2.48 bits per heavy atom. The van der Waals surface area contributed by atoms with E-state index in [1.807, 2.05) is 20.8 Å². The maximum absolute atomic E-state index is 12.1. The number of nitrogens with one attached hydrogen (secondary N) is 1. The summed E-state index contributed by atoms with van der Waals surface area (Å²) in [4.78, 5) is 12.1. The number of alkyl halides is 3. The van der Waals surface area contributed by atoms with Gasteiger partial charge in [0.1, 0.15) is 5.54 Å². The van der Waals surface area contributed by atoms with Gasteiger partial charge >= 0.3 is 5.51 Å². The van der Waals surface area contributed by atoms with Crippen LogP contribution in [0, 0.1) is 5.41 Å². The smallest absolute Gasteiger partial charge is 0.378 e. The Kier molecular flexibility index (Phi) is 7.33. The first kappa shape index (κ1) is 20.8. The summed E-state index contributed by atoms with van der Waals surface area (Å²) in [6.07, 6.45) is 0.277. The van der Waals surface area contributed by atoms with E-state index in [2.05, 4.69) is 5.32 Å². The first-order valence-corrected chi connectivity index (χ1v) is 7.42. The molecule has 21 heavy (non-hydrogen) atoms. The van der Waals surface area contributed by atoms with Crippen LogP contribution in [0.3, 0.4) is 0 Å². The average Bonchev–Trinajstić information content (AvgIpc) is 2.32. The van der Waals surface area contributed by atoms with Crippen LogP contribution >= 0.6 is 24.2 Å². The Morgan fingerprint density at radius 1 is 1.48 bits per heavy atom. The molecule has 0 saturated heterocycles. The van der Waals surface area contributed by atoms with Gasteiger partial charge in [-0.15, -0.1) is 12.4 Å². The fourth-order valence-electron chi connectivity index (χ4n) is 2.31. The van der Waals surface area contributed by atoms with Gasteiger partial charge in [0.2, 0.25) is 5.91 Å². The summed E-state index contributed by atoms with van der Waals surface area (Å²) in [5, 5.41) is 2.48. The summed E-state index contributed by atoms with van der Waals surface area (Å²) < 4.78 is 41.4. The fraction of sp³-hybridized carbons (Fsp3) is 0.917. The molecule has 0 aromatic heterocycles. The van der Waals surface area contributed by atoms with Gasteiger partial charge in [-0.1, -0.05) is 13.8 Å². The number of halogens is 4. The third kappa shape index (κ3) is 4.64. The molecule has 0 bridgehead atoms. The number of hydrogen-bond donors (Lipinski definition) is 2. The summed E-state index contributed by atoms with van der Waals surface area (Å²) in [7, 11) is 0.